The molecule has 0 aromatic carbocycles. The Bertz CT molecular complexity index is 2600. The molecule has 22 heteroatoms. The molecule has 4 N–H and O–H groups in total. The standard InChI is InChI=1S/2C20H19N5O4S2/c26-18(13-6-1-2-7-13)17-14(8-5-11-22-17)24-19(27)25-20-23-12-16(30-20)31(28,29)15-9-3-4-10-21-15;26-17(13-6-1-2-7-13)14-8-5-11-22-18(14)24-19(27)25-20-23-12-16(30-20)31(28,29)15-9-3-4-10-21-15/h3-5,8-13H,1-2,6-7H2,(H2,23,24,25,27);3-5,8-13H,1-2,6-7H2,(H2,22,23,24,25,27). The Morgan fingerprint density at radius 1 is 0.516 bits per heavy atom. The molecular weight excluding hydrogens is 877 g/mol. The Kier molecular flexibility index (Phi) is 13.8. The number of urea groups is 2. The molecule has 6 aromatic heterocycles. The van der Waals surface area contributed by atoms with Gasteiger partial charge in [-0.15, -0.1) is 0 Å². The van der Waals surface area contributed by atoms with E-state index in [1.54, 1.807) is 48.5 Å². The molecule has 4 amide bonds. The van der Waals surface area contributed by atoms with Gasteiger partial charge < -0.3 is 5.32 Å². The number of amides is 4. The topological polar surface area (TPSA) is 262 Å². The predicted octanol–water partition coefficient (Wildman–Crippen LogP) is 7.57. The number of carbonyl (C=O) groups excluding carboxylic acids is 4. The number of sulfone groups is 2. The van der Waals surface area contributed by atoms with Crippen LogP contribution < -0.4 is 21.3 Å². The zero-order valence-corrected chi connectivity index (χ0v) is 35.9. The zero-order valence-electron chi connectivity index (χ0n) is 32.6. The third-order valence-electron chi connectivity index (χ3n) is 9.81. The summed E-state index contributed by atoms with van der Waals surface area (Å²) < 4.78 is 50.3. The molecule has 0 bridgehead atoms. The lowest BCUT2D eigenvalue weighted by molar-refractivity contribution is 0.0913. The highest BCUT2D eigenvalue weighted by Gasteiger charge is 2.29. The van der Waals surface area contributed by atoms with Crippen LogP contribution >= 0.6 is 22.7 Å². The van der Waals surface area contributed by atoms with Gasteiger partial charge in [0.25, 0.3) is 0 Å². The number of pyridine rings is 4. The van der Waals surface area contributed by atoms with Crippen molar-refractivity contribution in [3.8, 4) is 0 Å². The Hall–Kier alpha value is -6.36. The first kappa shape index (κ1) is 43.7. The number of hydrogen-bond acceptors (Lipinski definition) is 16. The maximum absolute atomic E-state index is 12.8. The average Bonchev–Trinajstić information content (AvgIpc) is 4.14. The van der Waals surface area contributed by atoms with E-state index in [-0.39, 0.29) is 63.6 Å². The van der Waals surface area contributed by atoms with Crippen LogP contribution in [-0.4, -0.2) is 70.4 Å². The quantitative estimate of drug-likeness (QED) is 0.0864. The van der Waals surface area contributed by atoms with E-state index in [2.05, 4.69) is 51.2 Å². The van der Waals surface area contributed by atoms with Crippen LogP contribution in [0.5, 0.6) is 0 Å². The van der Waals surface area contributed by atoms with Gasteiger partial charge in [0.2, 0.25) is 19.7 Å². The van der Waals surface area contributed by atoms with Crippen LogP contribution in [0.1, 0.15) is 72.2 Å². The van der Waals surface area contributed by atoms with Crippen LogP contribution in [0.25, 0.3) is 0 Å². The lowest BCUT2D eigenvalue weighted by Gasteiger charge is -2.12. The summed E-state index contributed by atoms with van der Waals surface area (Å²) >= 11 is 1.62. The zero-order chi connectivity index (χ0) is 43.7. The van der Waals surface area contributed by atoms with Crippen LogP contribution in [0.15, 0.2) is 116 Å². The van der Waals surface area contributed by atoms with Gasteiger partial charge in [-0.2, -0.15) is 0 Å². The summed E-state index contributed by atoms with van der Waals surface area (Å²) in [5, 5.41) is 10.2. The first-order chi connectivity index (χ1) is 29.9. The molecule has 2 aliphatic carbocycles. The van der Waals surface area contributed by atoms with Crippen molar-refractivity contribution in [1.29, 1.82) is 0 Å². The van der Waals surface area contributed by atoms with E-state index in [0.29, 0.717) is 11.3 Å². The lowest BCUT2D eigenvalue weighted by atomic mass is 9.97. The first-order valence-corrected chi connectivity index (χ1v) is 23.9. The first-order valence-electron chi connectivity index (χ1n) is 19.3. The van der Waals surface area contributed by atoms with Gasteiger partial charge in [-0.1, -0.05) is 60.5 Å². The highest BCUT2D eigenvalue weighted by Crippen LogP contribution is 2.32. The van der Waals surface area contributed by atoms with E-state index < -0.39 is 31.7 Å². The Morgan fingerprint density at radius 2 is 1.00 bits per heavy atom. The van der Waals surface area contributed by atoms with Crippen molar-refractivity contribution in [3.05, 3.63) is 109 Å². The van der Waals surface area contributed by atoms with Gasteiger partial charge in [0, 0.05) is 36.6 Å². The van der Waals surface area contributed by atoms with Crippen molar-refractivity contribution < 1.29 is 36.0 Å². The van der Waals surface area contributed by atoms with Crippen LogP contribution in [0.3, 0.4) is 0 Å². The van der Waals surface area contributed by atoms with Gasteiger partial charge >= 0.3 is 12.1 Å². The summed E-state index contributed by atoms with van der Waals surface area (Å²) in [5.74, 6) is -0.0666. The minimum atomic E-state index is -3.82. The molecule has 0 aliphatic heterocycles. The smallest absolute Gasteiger partial charge is 0.305 e. The number of rotatable bonds is 12. The number of nitrogens with zero attached hydrogens (tertiary/aromatic N) is 6. The predicted molar refractivity (Wildman–Crippen MR) is 230 cm³/mol. The molecule has 0 spiro atoms. The Morgan fingerprint density at radius 3 is 1.53 bits per heavy atom. The summed E-state index contributed by atoms with van der Waals surface area (Å²) in [6.07, 6.45) is 15.5. The summed E-state index contributed by atoms with van der Waals surface area (Å²) in [4.78, 5) is 74.3. The molecule has 0 radical (unpaired) electrons. The number of carbonyl (C=O) groups is 4. The molecule has 2 fully saturated rings. The number of nitrogens with one attached hydrogen (secondary N) is 4. The summed E-state index contributed by atoms with van der Waals surface area (Å²) in [6.45, 7) is 0. The summed E-state index contributed by atoms with van der Waals surface area (Å²) in [7, 11) is -7.65. The molecule has 6 heterocycles. The van der Waals surface area contributed by atoms with E-state index in [9.17, 15) is 36.0 Å². The third-order valence-corrected chi connectivity index (χ3v) is 15.9. The summed E-state index contributed by atoms with van der Waals surface area (Å²) in [5.41, 5.74) is 0.888. The minimum Gasteiger partial charge on any atom is -0.305 e. The van der Waals surface area contributed by atoms with Crippen molar-refractivity contribution in [3.63, 3.8) is 0 Å². The van der Waals surface area contributed by atoms with Gasteiger partial charge in [-0.05, 0) is 74.2 Å². The number of aromatic nitrogens is 6. The van der Waals surface area contributed by atoms with Crippen molar-refractivity contribution in [1.82, 2.24) is 29.9 Å². The van der Waals surface area contributed by atoms with Crippen LogP contribution in [0, 0.1) is 11.8 Å². The Labute approximate surface area is 364 Å². The SMILES string of the molecule is O=C(Nc1ncc(S(=O)(=O)c2ccccn2)s1)Nc1cccnc1C(=O)C1CCCC1.O=C(Nc1ncc(S(=O)(=O)c2ccccn2)s1)Nc1ncccc1C(=O)C1CCCC1. The van der Waals surface area contributed by atoms with Crippen molar-refractivity contribution in [2.45, 2.75) is 69.8 Å². The Balaban J connectivity index is 0.000000186. The fraction of sp³-hybridized carbons (Fsp3) is 0.250. The molecule has 6 aromatic rings. The molecule has 0 unspecified atom stereocenters. The van der Waals surface area contributed by atoms with Crippen LogP contribution in [0.4, 0.5) is 31.4 Å². The van der Waals surface area contributed by atoms with Gasteiger partial charge in [-0.25, -0.2) is 51.3 Å². The number of ketones is 2. The number of hydrogen-bond donors (Lipinski definition) is 4. The highest BCUT2D eigenvalue weighted by atomic mass is 32.2. The second-order valence-electron chi connectivity index (χ2n) is 14.0. The maximum Gasteiger partial charge on any atom is 0.326 e. The van der Waals surface area contributed by atoms with E-state index in [0.717, 1.165) is 74.0 Å². The van der Waals surface area contributed by atoms with E-state index >= 15 is 0 Å². The van der Waals surface area contributed by atoms with Crippen molar-refractivity contribution in [2.24, 2.45) is 11.8 Å². The number of anilines is 4. The minimum absolute atomic E-state index is 0.0288. The molecule has 2 aliphatic rings. The van der Waals surface area contributed by atoms with Crippen LogP contribution in [-0.2, 0) is 19.7 Å². The molecule has 62 heavy (non-hydrogen) atoms. The van der Waals surface area contributed by atoms with Gasteiger partial charge in [-0.3, -0.25) is 30.5 Å². The molecule has 320 valence electrons. The van der Waals surface area contributed by atoms with Gasteiger partial charge in [0.1, 0.15) is 19.9 Å². The van der Waals surface area contributed by atoms with Gasteiger partial charge in [0.15, 0.2) is 31.9 Å². The fourth-order valence-corrected chi connectivity index (χ4v) is 11.4. The largest absolute Gasteiger partial charge is 0.326 e. The van der Waals surface area contributed by atoms with Crippen molar-refractivity contribution in [2.75, 3.05) is 21.3 Å². The second kappa shape index (κ2) is 19.6. The van der Waals surface area contributed by atoms with Gasteiger partial charge in [0.05, 0.1) is 23.6 Å². The maximum atomic E-state index is 12.8. The average molecular weight is 915 g/mol. The highest BCUT2D eigenvalue weighted by molar-refractivity contribution is 7.93. The van der Waals surface area contributed by atoms with E-state index in [1.165, 1.54) is 49.3 Å². The monoisotopic (exact) mass is 914 g/mol. The third kappa shape index (κ3) is 10.4. The molecule has 2 saturated carbocycles. The van der Waals surface area contributed by atoms with E-state index in [1.807, 2.05) is 0 Å². The number of thiazole rings is 2. The lowest BCUT2D eigenvalue weighted by Crippen LogP contribution is -2.23. The van der Waals surface area contributed by atoms with Crippen molar-refractivity contribution >= 4 is 87.7 Å². The fourth-order valence-electron chi connectivity index (χ4n) is 6.78. The molecule has 0 saturated heterocycles. The molecule has 0 atom stereocenters. The second-order valence-corrected chi connectivity index (χ2v) is 20.3. The molecule has 8 rings (SSSR count). The number of Topliss-reactive ketones (excluding diaryl/α,β-unsaturated/α-hetero) is 2. The molecule has 18 nitrogen and oxygen atoms in total. The molecular formula is C40H38N10O8S4. The van der Waals surface area contributed by atoms with E-state index in [4.69, 9.17) is 0 Å². The summed E-state index contributed by atoms with van der Waals surface area (Å²) in [6, 6.07) is 14.4. The van der Waals surface area contributed by atoms with Crippen LogP contribution in [0.2, 0.25) is 0 Å². The normalized spacial score (nSPS) is 14.3.